The van der Waals surface area contributed by atoms with Crippen molar-refractivity contribution in [2.24, 2.45) is 5.41 Å². The van der Waals surface area contributed by atoms with Crippen molar-refractivity contribution in [3.63, 3.8) is 0 Å². The lowest BCUT2D eigenvalue weighted by Gasteiger charge is -2.24. The molecular formula is C15H11F3O4. The zero-order valence-corrected chi connectivity index (χ0v) is 11.1. The number of carbonyl (C=O) groups is 2. The van der Waals surface area contributed by atoms with E-state index >= 15 is 0 Å². The predicted octanol–water partition coefficient (Wildman–Crippen LogP) is 3.20. The maximum atomic E-state index is 13.0. The van der Waals surface area contributed by atoms with Gasteiger partial charge < -0.3 is 10.2 Å². The van der Waals surface area contributed by atoms with E-state index in [0.29, 0.717) is 0 Å². The molecule has 0 amide bonds. The van der Waals surface area contributed by atoms with Gasteiger partial charge in [0.05, 0.1) is 5.56 Å². The van der Waals surface area contributed by atoms with Crippen LogP contribution in [0.25, 0.3) is 5.57 Å². The van der Waals surface area contributed by atoms with Crippen molar-refractivity contribution in [3.05, 3.63) is 53.6 Å². The van der Waals surface area contributed by atoms with Gasteiger partial charge in [0.2, 0.25) is 0 Å². The molecular weight excluding hydrogens is 301 g/mol. The first-order chi connectivity index (χ1) is 10.2. The molecule has 0 aliphatic heterocycles. The molecule has 1 aromatic rings. The molecule has 0 unspecified atom stereocenters. The molecule has 2 N–H and O–H groups in total. The Morgan fingerprint density at radius 2 is 1.68 bits per heavy atom. The molecule has 4 nitrogen and oxygen atoms in total. The first-order valence-electron chi connectivity index (χ1n) is 6.21. The van der Waals surface area contributed by atoms with E-state index < -0.39 is 35.5 Å². The zero-order chi connectivity index (χ0) is 16.5. The van der Waals surface area contributed by atoms with Gasteiger partial charge in [-0.2, -0.15) is 13.2 Å². The smallest absolute Gasteiger partial charge is 0.417 e. The molecule has 0 aromatic heterocycles. The number of halogens is 3. The summed E-state index contributed by atoms with van der Waals surface area (Å²) in [5, 5.41) is 18.1. The molecule has 1 aromatic carbocycles. The SMILES string of the molecule is O=C(O)C1(C(=O)O)C=CC(c2ccccc2C(F)(F)F)=CC1. The van der Waals surface area contributed by atoms with Crippen LogP contribution in [-0.4, -0.2) is 22.2 Å². The molecule has 1 aliphatic rings. The number of benzene rings is 1. The van der Waals surface area contributed by atoms with Crippen molar-refractivity contribution in [2.75, 3.05) is 0 Å². The molecule has 116 valence electrons. The fourth-order valence-electron chi connectivity index (χ4n) is 2.23. The van der Waals surface area contributed by atoms with Crippen molar-refractivity contribution in [2.45, 2.75) is 12.6 Å². The molecule has 0 saturated carbocycles. The second kappa shape index (κ2) is 5.32. The van der Waals surface area contributed by atoms with Crippen molar-refractivity contribution >= 4 is 17.5 Å². The Bertz CT molecular complexity index is 672. The van der Waals surface area contributed by atoms with Gasteiger partial charge in [0.1, 0.15) is 0 Å². The second-order valence-corrected chi connectivity index (χ2v) is 4.82. The van der Waals surface area contributed by atoms with Crippen LogP contribution in [0.15, 0.2) is 42.5 Å². The van der Waals surface area contributed by atoms with Crippen LogP contribution in [0, 0.1) is 5.41 Å². The summed E-state index contributed by atoms with van der Waals surface area (Å²) in [6, 6.07) is 4.85. The fourth-order valence-corrected chi connectivity index (χ4v) is 2.23. The summed E-state index contributed by atoms with van der Waals surface area (Å²) in [7, 11) is 0. The van der Waals surface area contributed by atoms with E-state index in [1.807, 2.05) is 0 Å². The molecule has 7 heteroatoms. The highest BCUT2D eigenvalue weighted by molar-refractivity contribution is 6.02. The Morgan fingerprint density at radius 1 is 1.09 bits per heavy atom. The number of hydrogen-bond donors (Lipinski definition) is 2. The minimum atomic E-state index is -4.56. The van der Waals surface area contributed by atoms with Crippen LogP contribution >= 0.6 is 0 Å². The zero-order valence-electron chi connectivity index (χ0n) is 11.1. The lowest BCUT2D eigenvalue weighted by molar-refractivity contribution is -0.160. The average molecular weight is 312 g/mol. The molecule has 0 heterocycles. The Morgan fingerprint density at radius 3 is 2.14 bits per heavy atom. The largest absolute Gasteiger partial charge is 0.480 e. The van der Waals surface area contributed by atoms with Crippen molar-refractivity contribution in [1.29, 1.82) is 0 Å². The average Bonchev–Trinajstić information content (AvgIpc) is 2.46. The van der Waals surface area contributed by atoms with Gasteiger partial charge in [0.25, 0.3) is 0 Å². The lowest BCUT2D eigenvalue weighted by atomic mass is 9.78. The molecule has 0 spiro atoms. The van der Waals surface area contributed by atoms with Crippen LogP contribution < -0.4 is 0 Å². The Labute approximate surface area is 123 Å². The van der Waals surface area contributed by atoms with E-state index in [0.717, 1.165) is 18.2 Å². The maximum Gasteiger partial charge on any atom is 0.417 e. The number of rotatable bonds is 3. The molecule has 1 aliphatic carbocycles. The Kier molecular flexibility index (Phi) is 3.83. The highest BCUT2D eigenvalue weighted by Crippen LogP contribution is 2.39. The van der Waals surface area contributed by atoms with E-state index in [-0.39, 0.29) is 11.1 Å². The molecule has 22 heavy (non-hydrogen) atoms. The number of aliphatic carboxylic acids is 2. The maximum absolute atomic E-state index is 13.0. The van der Waals surface area contributed by atoms with E-state index in [1.165, 1.54) is 24.3 Å². The summed E-state index contributed by atoms with van der Waals surface area (Å²) in [6.07, 6.45) is -1.75. The summed E-state index contributed by atoms with van der Waals surface area (Å²) >= 11 is 0. The van der Waals surface area contributed by atoms with E-state index in [2.05, 4.69) is 0 Å². The number of alkyl halides is 3. The third kappa shape index (κ3) is 2.61. The van der Waals surface area contributed by atoms with Gasteiger partial charge in [-0.05, 0) is 23.6 Å². The van der Waals surface area contributed by atoms with Crippen LogP contribution in [0.3, 0.4) is 0 Å². The summed E-state index contributed by atoms with van der Waals surface area (Å²) in [5.41, 5.74) is -2.97. The number of carboxylic acid groups (broad SMARTS) is 2. The molecule has 0 fully saturated rings. The number of carboxylic acids is 2. The standard InChI is InChI=1S/C15H11F3O4/c16-15(17,18)11-4-2-1-3-10(11)9-5-7-14(8-6-9,12(19)20)13(21)22/h1-7H,8H2,(H,19,20)(H,21,22). The highest BCUT2D eigenvalue weighted by Gasteiger charge is 2.45. The normalized spacial score (nSPS) is 17.0. The first kappa shape index (κ1) is 15.8. The van der Waals surface area contributed by atoms with Gasteiger partial charge in [0.15, 0.2) is 5.41 Å². The van der Waals surface area contributed by atoms with Crippen LogP contribution in [0.4, 0.5) is 13.2 Å². The quantitative estimate of drug-likeness (QED) is 0.841. The molecule has 0 saturated heterocycles. The summed E-state index contributed by atoms with van der Waals surface area (Å²) in [5.74, 6) is -3.12. The van der Waals surface area contributed by atoms with Gasteiger partial charge in [-0.1, -0.05) is 36.4 Å². The third-order valence-electron chi connectivity index (χ3n) is 3.50. The van der Waals surface area contributed by atoms with Crippen molar-refractivity contribution < 1.29 is 33.0 Å². The van der Waals surface area contributed by atoms with E-state index in [4.69, 9.17) is 10.2 Å². The van der Waals surface area contributed by atoms with Gasteiger partial charge >= 0.3 is 18.1 Å². The van der Waals surface area contributed by atoms with Crippen LogP contribution in [0.5, 0.6) is 0 Å². The van der Waals surface area contributed by atoms with E-state index in [1.54, 1.807) is 0 Å². The second-order valence-electron chi connectivity index (χ2n) is 4.82. The summed E-state index contributed by atoms with van der Waals surface area (Å²) < 4.78 is 38.9. The lowest BCUT2D eigenvalue weighted by Crippen LogP contribution is -2.38. The Balaban J connectivity index is 2.44. The molecule has 0 bridgehead atoms. The van der Waals surface area contributed by atoms with Gasteiger partial charge in [-0.15, -0.1) is 0 Å². The summed E-state index contributed by atoms with van der Waals surface area (Å²) in [6.45, 7) is 0. The highest BCUT2D eigenvalue weighted by atomic mass is 19.4. The number of hydrogen-bond acceptors (Lipinski definition) is 2. The number of allylic oxidation sites excluding steroid dienone is 3. The summed E-state index contributed by atoms with van der Waals surface area (Å²) in [4.78, 5) is 22.3. The van der Waals surface area contributed by atoms with Crippen LogP contribution in [-0.2, 0) is 15.8 Å². The Hall–Kier alpha value is -2.57. The van der Waals surface area contributed by atoms with Crippen molar-refractivity contribution in [3.8, 4) is 0 Å². The minimum absolute atomic E-state index is 0.115. The molecule has 0 atom stereocenters. The van der Waals surface area contributed by atoms with Crippen LogP contribution in [0.2, 0.25) is 0 Å². The van der Waals surface area contributed by atoms with Gasteiger partial charge in [0, 0.05) is 0 Å². The van der Waals surface area contributed by atoms with Crippen molar-refractivity contribution in [1.82, 2.24) is 0 Å². The molecule has 2 rings (SSSR count). The van der Waals surface area contributed by atoms with Gasteiger partial charge in [-0.3, -0.25) is 9.59 Å². The first-order valence-corrected chi connectivity index (χ1v) is 6.21. The molecule has 0 radical (unpaired) electrons. The third-order valence-corrected chi connectivity index (χ3v) is 3.50. The predicted molar refractivity (Wildman–Crippen MR) is 70.9 cm³/mol. The topological polar surface area (TPSA) is 74.6 Å². The fraction of sp³-hybridized carbons (Fsp3) is 0.200. The van der Waals surface area contributed by atoms with E-state index in [9.17, 15) is 22.8 Å². The minimum Gasteiger partial charge on any atom is -0.480 e. The van der Waals surface area contributed by atoms with Gasteiger partial charge in [-0.25, -0.2) is 0 Å². The monoisotopic (exact) mass is 312 g/mol. The van der Waals surface area contributed by atoms with Crippen LogP contribution in [0.1, 0.15) is 17.5 Å².